The lowest BCUT2D eigenvalue weighted by atomic mass is 9.82. The van der Waals surface area contributed by atoms with Gasteiger partial charge >= 0.3 is 0 Å². The number of nitrogens with zero attached hydrogens (tertiary/aromatic N) is 1. The van der Waals surface area contributed by atoms with Crippen LogP contribution >= 0.6 is 0 Å². The molecule has 1 aliphatic carbocycles. The lowest BCUT2D eigenvalue weighted by Crippen LogP contribution is -2.16. The summed E-state index contributed by atoms with van der Waals surface area (Å²) in [5, 5.41) is 4.94. The van der Waals surface area contributed by atoms with E-state index in [0.29, 0.717) is 0 Å². The van der Waals surface area contributed by atoms with Gasteiger partial charge in [-0.1, -0.05) is 190 Å². The molecule has 256 valence electrons. The van der Waals surface area contributed by atoms with Gasteiger partial charge in [0, 0.05) is 22.2 Å². The third kappa shape index (κ3) is 5.08. The summed E-state index contributed by atoms with van der Waals surface area (Å²) >= 11 is 0. The summed E-state index contributed by atoms with van der Waals surface area (Å²) in [5.74, 6) is 0. The van der Waals surface area contributed by atoms with Crippen molar-refractivity contribution in [3.63, 3.8) is 0 Å². The van der Waals surface area contributed by atoms with E-state index in [1.54, 1.807) is 0 Å². The summed E-state index contributed by atoms with van der Waals surface area (Å²) in [6, 6.07) is 73.5. The molecule has 0 saturated carbocycles. The molecule has 9 aromatic carbocycles. The van der Waals surface area contributed by atoms with Crippen LogP contribution in [0.4, 0.5) is 17.1 Å². The van der Waals surface area contributed by atoms with Crippen LogP contribution in [-0.4, -0.2) is 0 Å². The Morgan fingerprint density at radius 1 is 0.333 bits per heavy atom. The summed E-state index contributed by atoms with van der Waals surface area (Å²) in [6.07, 6.45) is 0. The Labute approximate surface area is 317 Å². The zero-order valence-electron chi connectivity index (χ0n) is 30.5. The molecule has 0 aromatic heterocycles. The molecule has 0 spiro atoms. The molecule has 0 fully saturated rings. The molecule has 9 aromatic rings. The topological polar surface area (TPSA) is 3.24 Å². The van der Waals surface area contributed by atoms with Crippen LogP contribution in [0, 0.1) is 0 Å². The highest BCUT2D eigenvalue weighted by molar-refractivity contribution is 6.10. The normalized spacial score (nSPS) is 12.8. The average molecular weight is 690 g/mol. The first-order valence-corrected chi connectivity index (χ1v) is 18.9. The Kier molecular flexibility index (Phi) is 7.56. The predicted octanol–water partition coefficient (Wildman–Crippen LogP) is 14.8. The van der Waals surface area contributed by atoms with Gasteiger partial charge in [0.1, 0.15) is 0 Å². The number of fused-ring (bicyclic) bond motifs is 5. The van der Waals surface area contributed by atoms with Crippen molar-refractivity contribution in [1.29, 1.82) is 0 Å². The lowest BCUT2D eigenvalue weighted by Gasteiger charge is -2.32. The highest BCUT2D eigenvalue weighted by atomic mass is 15.1. The third-order valence-electron chi connectivity index (χ3n) is 11.5. The Morgan fingerprint density at radius 3 is 1.56 bits per heavy atom. The van der Waals surface area contributed by atoms with Crippen LogP contribution in [-0.2, 0) is 5.41 Å². The van der Waals surface area contributed by atoms with Gasteiger partial charge in [0.15, 0.2) is 0 Å². The zero-order valence-corrected chi connectivity index (χ0v) is 30.5. The van der Waals surface area contributed by atoms with Gasteiger partial charge < -0.3 is 4.90 Å². The van der Waals surface area contributed by atoms with E-state index >= 15 is 0 Å². The Hall–Kier alpha value is -6.70. The SMILES string of the molecule is CC1(C)c2ccccc2-c2c(N(c3ccc(-c4ccccc4)cc3)c3cccc(-c4cccc5ccccc45)c3-c3cccc4ccccc34)cccc21. The van der Waals surface area contributed by atoms with E-state index < -0.39 is 0 Å². The summed E-state index contributed by atoms with van der Waals surface area (Å²) in [6.45, 7) is 4.73. The van der Waals surface area contributed by atoms with E-state index in [1.807, 2.05) is 0 Å². The van der Waals surface area contributed by atoms with Crippen LogP contribution < -0.4 is 4.90 Å². The van der Waals surface area contributed by atoms with Gasteiger partial charge in [0.25, 0.3) is 0 Å². The van der Waals surface area contributed by atoms with Crippen LogP contribution in [0.25, 0.3) is 66.1 Å². The van der Waals surface area contributed by atoms with Gasteiger partial charge in [0.2, 0.25) is 0 Å². The van der Waals surface area contributed by atoms with Crippen LogP contribution in [0.1, 0.15) is 25.0 Å². The lowest BCUT2D eigenvalue weighted by molar-refractivity contribution is 0.660. The Bertz CT molecular complexity index is 2830. The molecule has 0 saturated heterocycles. The fourth-order valence-electron chi connectivity index (χ4n) is 8.90. The van der Waals surface area contributed by atoms with E-state index in [2.05, 4.69) is 219 Å². The van der Waals surface area contributed by atoms with Crippen molar-refractivity contribution in [1.82, 2.24) is 0 Å². The van der Waals surface area contributed by atoms with Gasteiger partial charge in [-0.2, -0.15) is 0 Å². The number of hydrogen-bond acceptors (Lipinski definition) is 1. The second kappa shape index (κ2) is 12.8. The Balaban J connectivity index is 1.32. The first-order valence-electron chi connectivity index (χ1n) is 18.9. The van der Waals surface area contributed by atoms with Crippen molar-refractivity contribution in [2.45, 2.75) is 19.3 Å². The van der Waals surface area contributed by atoms with Gasteiger partial charge in [0.05, 0.1) is 11.4 Å². The van der Waals surface area contributed by atoms with E-state index in [1.165, 1.54) is 82.9 Å². The van der Waals surface area contributed by atoms with E-state index in [4.69, 9.17) is 0 Å². The summed E-state index contributed by atoms with van der Waals surface area (Å²) in [4.78, 5) is 2.53. The fraction of sp³-hybridized carbons (Fsp3) is 0.0566. The fourth-order valence-corrected chi connectivity index (χ4v) is 8.90. The van der Waals surface area contributed by atoms with E-state index in [9.17, 15) is 0 Å². The van der Waals surface area contributed by atoms with E-state index in [0.717, 1.165) is 11.4 Å². The largest absolute Gasteiger partial charge is 0.309 e. The Morgan fingerprint density at radius 2 is 0.815 bits per heavy atom. The predicted molar refractivity (Wildman–Crippen MR) is 230 cm³/mol. The van der Waals surface area contributed by atoms with Gasteiger partial charge in [-0.15, -0.1) is 0 Å². The van der Waals surface area contributed by atoms with Crippen molar-refractivity contribution < 1.29 is 0 Å². The first kappa shape index (κ1) is 32.0. The summed E-state index contributed by atoms with van der Waals surface area (Å²) < 4.78 is 0. The smallest absolute Gasteiger partial charge is 0.0546 e. The highest BCUT2D eigenvalue weighted by Crippen LogP contribution is 2.56. The molecule has 0 aliphatic heterocycles. The molecular formula is C53H39N. The number of hydrogen-bond donors (Lipinski definition) is 0. The monoisotopic (exact) mass is 689 g/mol. The molecule has 1 aliphatic rings. The maximum absolute atomic E-state index is 2.53. The molecule has 0 unspecified atom stereocenters. The average Bonchev–Trinajstić information content (AvgIpc) is 3.47. The number of benzene rings is 9. The molecule has 0 atom stereocenters. The molecule has 10 rings (SSSR count). The van der Waals surface area contributed by atoms with Crippen LogP contribution in [0.15, 0.2) is 200 Å². The number of rotatable bonds is 6. The molecule has 54 heavy (non-hydrogen) atoms. The number of anilines is 3. The van der Waals surface area contributed by atoms with Crippen LogP contribution in [0.5, 0.6) is 0 Å². The second-order valence-corrected chi connectivity index (χ2v) is 14.9. The molecular weight excluding hydrogens is 651 g/mol. The summed E-state index contributed by atoms with van der Waals surface area (Å²) in [7, 11) is 0. The molecule has 0 heterocycles. The highest BCUT2D eigenvalue weighted by Gasteiger charge is 2.38. The molecule has 1 heteroatoms. The minimum Gasteiger partial charge on any atom is -0.309 e. The summed E-state index contributed by atoms with van der Waals surface area (Å²) in [5.41, 5.74) is 15.9. The van der Waals surface area contributed by atoms with E-state index in [-0.39, 0.29) is 5.41 Å². The molecule has 0 N–H and O–H groups in total. The quantitative estimate of drug-likeness (QED) is 0.168. The zero-order chi connectivity index (χ0) is 36.2. The van der Waals surface area contributed by atoms with Gasteiger partial charge in [-0.05, 0) is 90.3 Å². The van der Waals surface area contributed by atoms with Crippen molar-refractivity contribution >= 4 is 38.6 Å². The standard InChI is InChI=1S/C53H39N/c1-53(2)47-28-11-10-24-46(47)52-48(53)29-15-31-50(52)54(40-34-32-37(33-35-40)36-16-4-3-5-17-36)49-30-14-27-45(43-25-12-20-38-18-6-8-22-41(38)43)51(49)44-26-13-21-39-19-7-9-23-42(39)44/h3-35H,1-2H3. The van der Waals surface area contributed by atoms with Crippen molar-refractivity contribution in [3.05, 3.63) is 211 Å². The van der Waals surface area contributed by atoms with Gasteiger partial charge in [-0.3, -0.25) is 0 Å². The minimum atomic E-state index is -0.131. The van der Waals surface area contributed by atoms with Crippen molar-refractivity contribution in [3.8, 4) is 44.5 Å². The van der Waals surface area contributed by atoms with Crippen LogP contribution in [0.3, 0.4) is 0 Å². The molecule has 0 bridgehead atoms. The van der Waals surface area contributed by atoms with Crippen LogP contribution in [0.2, 0.25) is 0 Å². The van der Waals surface area contributed by atoms with Crippen molar-refractivity contribution in [2.24, 2.45) is 0 Å². The maximum Gasteiger partial charge on any atom is 0.0546 e. The third-order valence-corrected chi connectivity index (χ3v) is 11.5. The maximum atomic E-state index is 2.53. The van der Waals surface area contributed by atoms with Gasteiger partial charge in [-0.25, -0.2) is 0 Å². The first-order chi connectivity index (χ1) is 26.6. The second-order valence-electron chi connectivity index (χ2n) is 14.9. The molecule has 0 radical (unpaired) electrons. The molecule has 1 nitrogen and oxygen atoms in total. The van der Waals surface area contributed by atoms with Crippen molar-refractivity contribution in [2.75, 3.05) is 4.90 Å². The molecule has 0 amide bonds. The minimum absolute atomic E-state index is 0.131.